The number of rotatable bonds is 12. The molecular weight excluding hydrogens is 603 g/mol. The number of halogens is 2. The summed E-state index contributed by atoms with van der Waals surface area (Å²) in [6.07, 6.45) is 1.36. The van der Waals surface area contributed by atoms with E-state index in [1.807, 2.05) is 6.92 Å². The van der Waals surface area contributed by atoms with Gasteiger partial charge in [-0.15, -0.1) is 11.6 Å². The summed E-state index contributed by atoms with van der Waals surface area (Å²) in [5.41, 5.74) is 2.21. The van der Waals surface area contributed by atoms with E-state index in [0.29, 0.717) is 27.7 Å². The van der Waals surface area contributed by atoms with Gasteiger partial charge >= 0.3 is 5.97 Å². The number of carbonyl (C=O) groups excluding carboxylic acids is 2. The largest absolute Gasteiger partial charge is 0.497 e. The summed E-state index contributed by atoms with van der Waals surface area (Å²) < 4.78 is 50.8. The van der Waals surface area contributed by atoms with Gasteiger partial charge in [-0.25, -0.2) is 17.6 Å². The molecule has 220 valence electrons. The van der Waals surface area contributed by atoms with Gasteiger partial charge in [-0.3, -0.25) is 9.79 Å². The summed E-state index contributed by atoms with van der Waals surface area (Å²) in [5, 5.41) is -1.11. The summed E-state index contributed by atoms with van der Waals surface area (Å²) in [6, 6.07) is 16.1. The van der Waals surface area contributed by atoms with E-state index in [1.165, 1.54) is 49.7 Å². The molecule has 0 radical (unpaired) electrons. The van der Waals surface area contributed by atoms with Crippen molar-refractivity contribution in [1.82, 2.24) is 4.90 Å². The van der Waals surface area contributed by atoms with Crippen LogP contribution in [0.2, 0.25) is 0 Å². The summed E-state index contributed by atoms with van der Waals surface area (Å²) in [5.74, 6) is -1.41. The quantitative estimate of drug-likeness (QED) is 0.0683. The van der Waals surface area contributed by atoms with E-state index >= 15 is 0 Å². The number of benzene rings is 3. The summed E-state index contributed by atoms with van der Waals surface area (Å²) >= 11 is 6.05. The highest BCUT2D eigenvalue weighted by molar-refractivity contribution is 8.72. The molecule has 42 heavy (non-hydrogen) atoms. The van der Waals surface area contributed by atoms with Crippen LogP contribution in [0.5, 0.6) is 5.75 Å². The van der Waals surface area contributed by atoms with Crippen molar-refractivity contribution in [2.45, 2.75) is 35.9 Å². The molecule has 0 bridgehead atoms. The Morgan fingerprint density at radius 3 is 2.36 bits per heavy atom. The van der Waals surface area contributed by atoms with Crippen LogP contribution >= 0.6 is 22.4 Å². The Hall–Kier alpha value is -3.67. The van der Waals surface area contributed by atoms with Crippen LogP contribution in [0.4, 0.5) is 4.39 Å². The Bertz CT molecular complexity index is 1580. The molecule has 0 saturated carbocycles. The van der Waals surface area contributed by atoms with E-state index < -0.39 is 44.0 Å². The third-order valence-electron chi connectivity index (χ3n) is 6.44. The number of alkyl halides is 1. The highest BCUT2D eigenvalue weighted by Gasteiger charge is 2.55. The first-order valence-electron chi connectivity index (χ1n) is 12.7. The lowest BCUT2D eigenvalue weighted by molar-refractivity contribution is -0.161. The van der Waals surface area contributed by atoms with Crippen LogP contribution in [0.1, 0.15) is 16.7 Å². The van der Waals surface area contributed by atoms with Crippen LogP contribution in [-0.4, -0.2) is 61.9 Å². The molecule has 3 atom stereocenters. The van der Waals surface area contributed by atoms with E-state index in [9.17, 15) is 22.4 Å². The lowest BCUT2D eigenvalue weighted by atomic mass is 9.99. The number of aliphatic imine (C=N–C) groups is 1. The standard InChI is InChI=1S/C30H28ClFN2O6S2/c1-19-4-14-25(15-5-19)42(37,38)41-29-26(33-17-21-6-10-23(32)11-7-21)28(35)34(29)27(20(2)16-31)30(36)40-18-22-8-12-24(39-3)13-9-22/h4-15,17,26-27,29H,2,16,18H2,1,3H3. The normalized spacial score (nSPS) is 17.5. The van der Waals surface area contributed by atoms with Crippen LogP contribution in [0.3, 0.4) is 0 Å². The molecule has 0 spiro atoms. The van der Waals surface area contributed by atoms with Crippen molar-refractivity contribution in [3.05, 3.63) is 107 Å². The predicted octanol–water partition coefficient (Wildman–Crippen LogP) is 5.13. The SMILES string of the molecule is C=C(CCl)C(C(=O)OCc1ccc(OC)cc1)N1C(=O)C(N=Cc2ccc(F)cc2)C1SS(=O)(=O)c1ccc(C)cc1. The van der Waals surface area contributed by atoms with Gasteiger partial charge in [0.05, 0.1) is 12.0 Å². The molecule has 4 rings (SSSR count). The molecule has 1 saturated heterocycles. The number of esters is 1. The maximum atomic E-state index is 13.5. The summed E-state index contributed by atoms with van der Waals surface area (Å²) in [7, 11) is -1.97. The minimum atomic E-state index is -4.00. The number of likely N-dealkylation sites (tertiary alicyclic amines) is 1. The smallest absolute Gasteiger partial charge is 0.333 e. The number of hydrogen-bond acceptors (Lipinski definition) is 8. The molecule has 12 heteroatoms. The Kier molecular flexibility index (Phi) is 10.1. The van der Waals surface area contributed by atoms with E-state index in [1.54, 1.807) is 36.4 Å². The minimum absolute atomic E-state index is 0.0356. The minimum Gasteiger partial charge on any atom is -0.497 e. The fourth-order valence-electron chi connectivity index (χ4n) is 4.09. The van der Waals surface area contributed by atoms with Crippen molar-refractivity contribution in [1.29, 1.82) is 0 Å². The Balaban J connectivity index is 1.63. The number of amides is 1. The van der Waals surface area contributed by atoms with Crippen LogP contribution in [0.25, 0.3) is 0 Å². The second-order valence-electron chi connectivity index (χ2n) is 9.42. The van der Waals surface area contributed by atoms with Gasteiger partial charge in [0, 0.05) is 22.9 Å². The fourth-order valence-corrected chi connectivity index (χ4v) is 7.73. The highest BCUT2D eigenvalue weighted by atomic mass is 35.5. The van der Waals surface area contributed by atoms with E-state index in [2.05, 4.69) is 11.6 Å². The maximum absolute atomic E-state index is 13.5. The van der Waals surface area contributed by atoms with Gasteiger partial charge in [-0.1, -0.05) is 48.5 Å². The van der Waals surface area contributed by atoms with Gasteiger partial charge in [-0.05, 0) is 60.0 Å². The third kappa shape index (κ3) is 7.21. The molecule has 8 nitrogen and oxygen atoms in total. The molecule has 0 aromatic heterocycles. The number of β-lactam (4-membered cyclic amide) rings is 1. The van der Waals surface area contributed by atoms with Crippen LogP contribution in [-0.2, 0) is 29.8 Å². The zero-order valence-corrected chi connectivity index (χ0v) is 25.2. The number of nitrogens with zero attached hydrogens (tertiary/aromatic N) is 2. The van der Waals surface area contributed by atoms with Crippen molar-refractivity contribution in [3.8, 4) is 5.75 Å². The van der Waals surface area contributed by atoms with Crippen molar-refractivity contribution < 1.29 is 31.9 Å². The predicted molar refractivity (Wildman–Crippen MR) is 161 cm³/mol. The molecule has 3 aromatic rings. The maximum Gasteiger partial charge on any atom is 0.333 e. The molecule has 3 aromatic carbocycles. The number of methoxy groups -OCH3 is 1. The van der Waals surface area contributed by atoms with Gasteiger partial charge < -0.3 is 14.4 Å². The molecular formula is C30H28ClFN2O6S2. The van der Waals surface area contributed by atoms with Crippen molar-refractivity contribution >= 4 is 49.4 Å². The average Bonchev–Trinajstić information content (AvgIpc) is 2.99. The second-order valence-corrected chi connectivity index (χ2v) is 13.6. The van der Waals surface area contributed by atoms with Gasteiger partial charge in [0.15, 0.2) is 12.1 Å². The first-order chi connectivity index (χ1) is 20.0. The van der Waals surface area contributed by atoms with Crippen LogP contribution < -0.4 is 4.74 Å². The molecule has 1 heterocycles. The Morgan fingerprint density at radius 2 is 1.76 bits per heavy atom. The van der Waals surface area contributed by atoms with Crippen molar-refractivity contribution in [2.24, 2.45) is 4.99 Å². The lowest BCUT2D eigenvalue weighted by Crippen LogP contribution is -2.68. The average molecular weight is 631 g/mol. The molecule has 1 amide bonds. The molecule has 0 N–H and O–H groups in total. The number of aryl methyl sites for hydroxylation is 1. The summed E-state index contributed by atoms with van der Waals surface area (Å²) in [4.78, 5) is 32.3. The Morgan fingerprint density at radius 1 is 1.12 bits per heavy atom. The molecule has 3 unspecified atom stereocenters. The molecule has 0 aliphatic carbocycles. The third-order valence-corrected chi connectivity index (χ3v) is 10.5. The molecule has 1 aliphatic rings. The van der Waals surface area contributed by atoms with E-state index in [4.69, 9.17) is 21.1 Å². The fraction of sp³-hybridized carbons (Fsp3) is 0.233. The van der Waals surface area contributed by atoms with Gasteiger partial charge in [0.2, 0.25) is 8.87 Å². The van der Waals surface area contributed by atoms with E-state index in [-0.39, 0.29) is 23.0 Å². The van der Waals surface area contributed by atoms with Crippen molar-refractivity contribution in [3.63, 3.8) is 0 Å². The van der Waals surface area contributed by atoms with Gasteiger partial charge in [-0.2, -0.15) is 0 Å². The zero-order valence-electron chi connectivity index (χ0n) is 22.8. The first-order valence-corrected chi connectivity index (χ1v) is 16.1. The second kappa shape index (κ2) is 13.5. The Labute approximate surface area is 252 Å². The number of ether oxygens (including phenoxy) is 2. The lowest BCUT2D eigenvalue weighted by Gasteiger charge is -2.47. The molecule has 1 aliphatic heterocycles. The topological polar surface area (TPSA) is 102 Å². The van der Waals surface area contributed by atoms with Crippen molar-refractivity contribution in [2.75, 3.05) is 13.0 Å². The number of carbonyl (C=O) groups is 2. The van der Waals surface area contributed by atoms with Gasteiger partial charge in [0.1, 0.15) is 23.5 Å². The number of hydrogen-bond donors (Lipinski definition) is 0. The highest BCUT2D eigenvalue weighted by Crippen LogP contribution is 2.41. The first kappa shape index (κ1) is 31.3. The summed E-state index contributed by atoms with van der Waals surface area (Å²) in [6.45, 7) is 5.58. The van der Waals surface area contributed by atoms with Crippen LogP contribution in [0, 0.1) is 12.7 Å². The zero-order chi connectivity index (χ0) is 30.4. The van der Waals surface area contributed by atoms with E-state index in [0.717, 1.165) is 10.5 Å². The molecule has 1 fully saturated rings. The monoisotopic (exact) mass is 630 g/mol. The van der Waals surface area contributed by atoms with Crippen LogP contribution in [0.15, 0.2) is 94.8 Å². The van der Waals surface area contributed by atoms with Gasteiger partial charge in [0.25, 0.3) is 5.91 Å².